The normalized spacial score (nSPS) is 23.2. The van der Waals surface area contributed by atoms with Gasteiger partial charge in [0.2, 0.25) is 6.79 Å². The van der Waals surface area contributed by atoms with Crippen LogP contribution in [0.1, 0.15) is 37.7 Å². The zero-order chi connectivity index (χ0) is 20.5. The quantitative estimate of drug-likeness (QED) is 0.660. The van der Waals surface area contributed by atoms with E-state index in [-0.39, 0.29) is 25.0 Å². The molecule has 156 valence electrons. The van der Waals surface area contributed by atoms with E-state index in [1.807, 2.05) is 0 Å². The minimum Gasteiger partial charge on any atom is -0.461 e. The predicted octanol–water partition coefficient (Wildman–Crippen LogP) is 1.57. The summed E-state index contributed by atoms with van der Waals surface area (Å²) in [4.78, 5) is 29.7. The molecule has 8 heteroatoms. The number of fused-ring (bicyclic) bond motifs is 2. The third-order valence-electron chi connectivity index (χ3n) is 5.53. The second kappa shape index (κ2) is 7.94. The molecular formula is C21H28N3O5+. The van der Waals surface area contributed by atoms with Gasteiger partial charge in [-0.2, -0.15) is 0 Å². The van der Waals surface area contributed by atoms with Crippen molar-refractivity contribution in [1.29, 1.82) is 0 Å². The van der Waals surface area contributed by atoms with Gasteiger partial charge in [-0.25, -0.2) is 4.79 Å². The lowest BCUT2D eigenvalue weighted by atomic mass is 9.92. The Morgan fingerprint density at radius 3 is 2.59 bits per heavy atom. The average molecular weight is 402 g/mol. The monoisotopic (exact) mass is 402 g/mol. The number of piperidine rings is 1. The predicted molar refractivity (Wildman–Crippen MR) is 108 cm³/mol. The molecule has 2 aliphatic rings. The lowest BCUT2D eigenvalue weighted by Gasteiger charge is -2.31. The van der Waals surface area contributed by atoms with E-state index in [0.717, 1.165) is 13.1 Å². The van der Waals surface area contributed by atoms with Crippen LogP contribution in [0.25, 0.3) is 10.9 Å². The SMILES string of the molecule is CCOC(=O)c1[nH]c2cc3c(cc2c1NC(=O)C[NH+]1C[C@H](C)C[C@H](C)C1)OCO3. The van der Waals surface area contributed by atoms with Crippen LogP contribution in [-0.2, 0) is 9.53 Å². The van der Waals surface area contributed by atoms with E-state index in [0.29, 0.717) is 46.5 Å². The van der Waals surface area contributed by atoms with Crippen molar-refractivity contribution >= 4 is 28.5 Å². The molecule has 1 saturated heterocycles. The maximum absolute atomic E-state index is 12.8. The van der Waals surface area contributed by atoms with E-state index in [4.69, 9.17) is 14.2 Å². The topological polar surface area (TPSA) is 94.1 Å². The summed E-state index contributed by atoms with van der Waals surface area (Å²) in [5.41, 5.74) is 1.34. The zero-order valence-electron chi connectivity index (χ0n) is 17.1. The second-order valence-corrected chi connectivity index (χ2v) is 8.18. The number of carbonyl (C=O) groups excluding carboxylic acids is 2. The molecule has 0 aliphatic carbocycles. The number of hydrogen-bond acceptors (Lipinski definition) is 5. The molecule has 3 N–H and O–H groups in total. The summed E-state index contributed by atoms with van der Waals surface area (Å²) < 4.78 is 16.0. The van der Waals surface area contributed by atoms with Gasteiger partial charge in [-0.05, 0) is 19.4 Å². The Morgan fingerprint density at radius 2 is 1.90 bits per heavy atom. The number of benzene rings is 1. The molecule has 0 spiro atoms. The second-order valence-electron chi connectivity index (χ2n) is 8.18. The number of anilines is 1. The molecule has 0 radical (unpaired) electrons. The minimum absolute atomic E-state index is 0.120. The first kappa shape index (κ1) is 19.6. The van der Waals surface area contributed by atoms with Crippen molar-refractivity contribution in [2.45, 2.75) is 27.2 Å². The van der Waals surface area contributed by atoms with Gasteiger partial charge in [-0.1, -0.05) is 13.8 Å². The zero-order valence-corrected chi connectivity index (χ0v) is 17.1. The molecule has 0 bridgehead atoms. The standard InChI is InChI=1S/C21H27N3O5/c1-4-27-21(26)20-19(14-6-16-17(29-11-28-16)7-15(14)22-20)23-18(25)10-24-8-12(2)5-13(3)9-24/h6-7,12-13,22H,4-5,8-11H2,1-3H3,(H,23,25)/p+1/t12-,13+. The Morgan fingerprint density at radius 1 is 1.21 bits per heavy atom. The van der Waals surface area contributed by atoms with Gasteiger partial charge in [0.05, 0.1) is 30.9 Å². The Balaban J connectivity index is 1.61. The van der Waals surface area contributed by atoms with Crippen LogP contribution in [0.3, 0.4) is 0 Å². The van der Waals surface area contributed by atoms with Crippen molar-refractivity contribution in [2.75, 3.05) is 38.4 Å². The molecule has 1 unspecified atom stereocenters. The number of amides is 1. The molecule has 0 saturated carbocycles. The number of esters is 1. The third-order valence-corrected chi connectivity index (χ3v) is 5.53. The summed E-state index contributed by atoms with van der Waals surface area (Å²) >= 11 is 0. The first-order valence-corrected chi connectivity index (χ1v) is 10.2. The van der Waals surface area contributed by atoms with Crippen molar-refractivity contribution < 1.29 is 28.7 Å². The van der Waals surface area contributed by atoms with Crippen molar-refractivity contribution in [3.8, 4) is 11.5 Å². The Kier molecular flexibility index (Phi) is 5.36. The Hall–Kier alpha value is -2.74. The number of rotatable bonds is 5. The van der Waals surface area contributed by atoms with Gasteiger partial charge >= 0.3 is 5.97 Å². The van der Waals surface area contributed by atoms with E-state index in [1.165, 1.54) is 11.3 Å². The Labute approximate surface area is 169 Å². The number of hydrogen-bond donors (Lipinski definition) is 3. The number of ether oxygens (including phenoxy) is 3. The average Bonchev–Trinajstić information content (AvgIpc) is 3.23. The highest BCUT2D eigenvalue weighted by Gasteiger charge is 2.29. The van der Waals surface area contributed by atoms with E-state index in [9.17, 15) is 9.59 Å². The van der Waals surface area contributed by atoms with Crippen molar-refractivity contribution in [2.24, 2.45) is 11.8 Å². The number of carbonyl (C=O) groups is 2. The molecule has 1 aromatic heterocycles. The molecule has 3 atom stereocenters. The fraction of sp³-hybridized carbons (Fsp3) is 0.524. The molecule has 2 aromatic rings. The van der Waals surface area contributed by atoms with Crippen LogP contribution >= 0.6 is 0 Å². The first-order chi connectivity index (χ1) is 13.9. The van der Waals surface area contributed by atoms with Crippen LogP contribution in [0, 0.1) is 11.8 Å². The van der Waals surface area contributed by atoms with Crippen molar-refractivity contribution in [3.05, 3.63) is 17.8 Å². The molecule has 29 heavy (non-hydrogen) atoms. The van der Waals surface area contributed by atoms with Crippen LogP contribution in [0.4, 0.5) is 5.69 Å². The number of quaternary nitrogens is 1. The van der Waals surface area contributed by atoms with Crippen molar-refractivity contribution in [1.82, 2.24) is 4.98 Å². The molecule has 8 nitrogen and oxygen atoms in total. The third kappa shape index (κ3) is 4.03. The Bertz CT molecular complexity index is 928. The van der Waals surface area contributed by atoms with Crippen LogP contribution in [0.15, 0.2) is 12.1 Å². The number of H-pyrrole nitrogens is 1. The molecule has 1 aromatic carbocycles. The molecule has 1 amide bonds. The summed E-state index contributed by atoms with van der Waals surface area (Å²) in [6.07, 6.45) is 1.20. The van der Waals surface area contributed by atoms with Gasteiger partial charge < -0.3 is 29.4 Å². The van der Waals surface area contributed by atoms with Crippen LogP contribution in [-0.4, -0.2) is 49.9 Å². The minimum atomic E-state index is -0.506. The van der Waals surface area contributed by atoms with Crippen molar-refractivity contribution in [3.63, 3.8) is 0 Å². The fourth-order valence-electron chi connectivity index (χ4n) is 4.55. The number of aromatic amines is 1. The lowest BCUT2D eigenvalue weighted by molar-refractivity contribution is -0.904. The van der Waals surface area contributed by atoms with Gasteiger partial charge in [0.15, 0.2) is 18.0 Å². The van der Waals surface area contributed by atoms with E-state index < -0.39 is 5.97 Å². The van der Waals surface area contributed by atoms with Gasteiger partial charge in [0, 0.05) is 23.3 Å². The molecule has 1 fully saturated rings. The number of nitrogens with one attached hydrogen (secondary N) is 3. The van der Waals surface area contributed by atoms with E-state index in [1.54, 1.807) is 19.1 Å². The fourth-order valence-corrected chi connectivity index (χ4v) is 4.55. The first-order valence-electron chi connectivity index (χ1n) is 10.2. The highest BCUT2D eigenvalue weighted by molar-refractivity contribution is 6.11. The van der Waals surface area contributed by atoms with Crippen LogP contribution < -0.4 is 19.7 Å². The van der Waals surface area contributed by atoms with E-state index >= 15 is 0 Å². The number of aromatic nitrogens is 1. The summed E-state index contributed by atoms with van der Waals surface area (Å²) in [7, 11) is 0. The maximum atomic E-state index is 12.8. The van der Waals surface area contributed by atoms with Crippen LogP contribution in [0.2, 0.25) is 0 Å². The molecule has 4 rings (SSSR count). The lowest BCUT2D eigenvalue weighted by Crippen LogP contribution is -3.15. The van der Waals surface area contributed by atoms with Gasteiger partial charge in [-0.3, -0.25) is 4.79 Å². The smallest absolute Gasteiger partial charge is 0.356 e. The highest BCUT2D eigenvalue weighted by atomic mass is 16.7. The highest BCUT2D eigenvalue weighted by Crippen LogP contribution is 2.39. The van der Waals surface area contributed by atoms with Crippen LogP contribution in [0.5, 0.6) is 11.5 Å². The van der Waals surface area contributed by atoms with Gasteiger partial charge in [-0.15, -0.1) is 0 Å². The summed E-state index contributed by atoms with van der Waals surface area (Å²) in [5, 5.41) is 3.65. The molecular weight excluding hydrogens is 374 g/mol. The van der Waals surface area contributed by atoms with Gasteiger partial charge in [0.1, 0.15) is 5.69 Å². The van der Waals surface area contributed by atoms with Gasteiger partial charge in [0.25, 0.3) is 5.91 Å². The van der Waals surface area contributed by atoms with E-state index in [2.05, 4.69) is 24.1 Å². The molecule has 3 heterocycles. The number of likely N-dealkylation sites (tertiary alicyclic amines) is 1. The summed E-state index contributed by atoms with van der Waals surface area (Å²) in [6, 6.07) is 3.56. The summed E-state index contributed by atoms with van der Waals surface area (Å²) in [5.74, 6) is 1.77. The largest absolute Gasteiger partial charge is 0.461 e. The molecule has 2 aliphatic heterocycles. The summed E-state index contributed by atoms with van der Waals surface area (Å²) in [6.45, 7) is 8.94. The maximum Gasteiger partial charge on any atom is 0.356 e.